The van der Waals surface area contributed by atoms with E-state index in [0.717, 1.165) is 33.0 Å². The highest BCUT2D eigenvalue weighted by Crippen LogP contribution is 2.39. The smallest absolute Gasteiger partial charge is 0.293 e. The third-order valence-electron chi connectivity index (χ3n) is 4.73. The Labute approximate surface area is 183 Å². The third kappa shape index (κ3) is 4.01. The molecule has 0 radical (unpaired) electrons. The number of halogens is 1. The van der Waals surface area contributed by atoms with Gasteiger partial charge in [0.15, 0.2) is 11.5 Å². The van der Waals surface area contributed by atoms with Gasteiger partial charge in [0, 0.05) is 7.05 Å². The lowest BCUT2D eigenvalue weighted by molar-refractivity contribution is -0.121. The maximum Gasteiger partial charge on any atom is 0.293 e. The Hall–Kier alpha value is -2.96. The number of benzene rings is 3. The standard InChI is InChI=1S/C23H18ClNO4S/c1-25-22(26)20(30-23(25)27)12-15-10-18(24)21(19(11-15)28-2)29-13-14-7-8-16-5-3-4-6-17(16)9-14/h3-12H,13H2,1-2H3/b20-12-. The largest absolute Gasteiger partial charge is 0.493 e. The molecule has 3 aromatic carbocycles. The summed E-state index contributed by atoms with van der Waals surface area (Å²) in [5.74, 6) is 0.537. The van der Waals surface area contributed by atoms with Crippen molar-refractivity contribution < 1.29 is 19.1 Å². The van der Waals surface area contributed by atoms with Crippen molar-refractivity contribution in [2.24, 2.45) is 0 Å². The van der Waals surface area contributed by atoms with E-state index in [2.05, 4.69) is 24.3 Å². The maximum atomic E-state index is 12.1. The molecule has 2 amide bonds. The van der Waals surface area contributed by atoms with Crippen molar-refractivity contribution in [2.45, 2.75) is 6.61 Å². The zero-order valence-corrected chi connectivity index (χ0v) is 17.9. The molecular weight excluding hydrogens is 422 g/mol. The molecule has 152 valence electrons. The summed E-state index contributed by atoms with van der Waals surface area (Å²) in [6, 6.07) is 17.7. The van der Waals surface area contributed by atoms with Gasteiger partial charge in [0.1, 0.15) is 6.61 Å². The maximum absolute atomic E-state index is 12.1. The van der Waals surface area contributed by atoms with E-state index in [9.17, 15) is 9.59 Å². The molecule has 0 atom stereocenters. The number of carbonyl (C=O) groups excluding carboxylic acids is 2. The van der Waals surface area contributed by atoms with E-state index in [1.807, 2.05) is 18.2 Å². The molecule has 0 saturated carbocycles. The lowest BCUT2D eigenvalue weighted by Crippen LogP contribution is -2.22. The molecule has 0 aliphatic carbocycles. The molecule has 30 heavy (non-hydrogen) atoms. The normalized spacial score (nSPS) is 15.3. The average molecular weight is 440 g/mol. The van der Waals surface area contributed by atoms with E-state index < -0.39 is 0 Å². The average Bonchev–Trinajstić information content (AvgIpc) is 2.99. The predicted molar refractivity (Wildman–Crippen MR) is 120 cm³/mol. The quantitative estimate of drug-likeness (QED) is 0.474. The van der Waals surface area contributed by atoms with Gasteiger partial charge in [0.25, 0.3) is 11.1 Å². The van der Waals surface area contributed by atoms with E-state index in [1.165, 1.54) is 14.2 Å². The van der Waals surface area contributed by atoms with Gasteiger partial charge in [-0.3, -0.25) is 14.5 Å². The molecule has 7 heteroatoms. The fraction of sp³-hybridized carbons (Fsp3) is 0.130. The summed E-state index contributed by atoms with van der Waals surface area (Å²) in [6.07, 6.45) is 1.62. The monoisotopic (exact) mass is 439 g/mol. The van der Waals surface area contributed by atoms with Gasteiger partial charge >= 0.3 is 0 Å². The van der Waals surface area contributed by atoms with Crippen LogP contribution in [0.1, 0.15) is 11.1 Å². The van der Waals surface area contributed by atoms with Crippen molar-refractivity contribution >= 4 is 51.4 Å². The van der Waals surface area contributed by atoms with Crippen LogP contribution < -0.4 is 9.47 Å². The van der Waals surface area contributed by atoms with E-state index in [4.69, 9.17) is 21.1 Å². The van der Waals surface area contributed by atoms with E-state index in [-0.39, 0.29) is 11.1 Å². The highest BCUT2D eigenvalue weighted by Gasteiger charge is 2.31. The molecule has 5 nitrogen and oxygen atoms in total. The molecule has 0 N–H and O–H groups in total. The Balaban J connectivity index is 1.58. The number of carbonyl (C=O) groups is 2. The topological polar surface area (TPSA) is 55.8 Å². The van der Waals surface area contributed by atoms with Crippen molar-refractivity contribution in [3.63, 3.8) is 0 Å². The van der Waals surface area contributed by atoms with Gasteiger partial charge in [0.05, 0.1) is 17.0 Å². The predicted octanol–water partition coefficient (Wildman–Crippen LogP) is 5.75. The summed E-state index contributed by atoms with van der Waals surface area (Å²) >= 11 is 7.34. The van der Waals surface area contributed by atoms with Gasteiger partial charge in [-0.1, -0.05) is 48.0 Å². The minimum atomic E-state index is -0.336. The molecule has 3 aromatic rings. The summed E-state index contributed by atoms with van der Waals surface area (Å²) in [5.41, 5.74) is 1.65. The molecule has 0 bridgehead atoms. The van der Waals surface area contributed by atoms with Crippen LogP contribution in [0, 0.1) is 0 Å². The first-order valence-electron chi connectivity index (χ1n) is 9.16. The zero-order valence-electron chi connectivity index (χ0n) is 16.3. The first-order chi connectivity index (χ1) is 14.5. The number of hydrogen-bond donors (Lipinski definition) is 0. The molecule has 0 unspecified atom stereocenters. The number of methoxy groups -OCH3 is 1. The number of rotatable bonds is 5. The number of ether oxygens (including phenoxy) is 2. The summed E-state index contributed by atoms with van der Waals surface area (Å²) in [7, 11) is 2.98. The fourth-order valence-electron chi connectivity index (χ4n) is 3.14. The zero-order chi connectivity index (χ0) is 21.3. The van der Waals surface area contributed by atoms with Crippen LogP contribution in [-0.4, -0.2) is 30.2 Å². The highest BCUT2D eigenvalue weighted by molar-refractivity contribution is 8.18. The summed E-state index contributed by atoms with van der Waals surface area (Å²) in [4.78, 5) is 25.2. The van der Waals surface area contributed by atoms with Crippen LogP contribution in [0.4, 0.5) is 4.79 Å². The van der Waals surface area contributed by atoms with Gasteiger partial charge in [-0.05, 0) is 57.9 Å². The number of fused-ring (bicyclic) bond motifs is 1. The lowest BCUT2D eigenvalue weighted by Gasteiger charge is -2.14. The Morgan fingerprint density at radius 3 is 2.53 bits per heavy atom. The van der Waals surface area contributed by atoms with Crippen LogP contribution in [0.2, 0.25) is 5.02 Å². The molecule has 0 spiro atoms. The first kappa shape index (κ1) is 20.3. The SMILES string of the molecule is COc1cc(/C=C2\SC(=O)N(C)C2=O)cc(Cl)c1OCc1ccc2ccccc2c1. The fourth-order valence-corrected chi connectivity index (χ4v) is 4.25. The molecule has 1 aliphatic heterocycles. The van der Waals surface area contributed by atoms with Crippen LogP contribution in [0.25, 0.3) is 16.8 Å². The van der Waals surface area contributed by atoms with Crippen LogP contribution in [0.15, 0.2) is 59.5 Å². The van der Waals surface area contributed by atoms with Crippen molar-refractivity contribution in [1.29, 1.82) is 0 Å². The van der Waals surface area contributed by atoms with Crippen LogP contribution in [-0.2, 0) is 11.4 Å². The second-order valence-electron chi connectivity index (χ2n) is 6.75. The minimum absolute atomic E-state index is 0.306. The second kappa shape index (κ2) is 8.42. The number of imide groups is 1. The van der Waals surface area contributed by atoms with Gasteiger partial charge in [-0.15, -0.1) is 0 Å². The van der Waals surface area contributed by atoms with Crippen molar-refractivity contribution in [3.05, 3.63) is 75.7 Å². The van der Waals surface area contributed by atoms with Gasteiger partial charge in [-0.25, -0.2) is 0 Å². The molecule has 1 aliphatic rings. The minimum Gasteiger partial charge on any atom is -0.493 e. The summed E-state index contributed by atoms with van der Waals surface area (Å²) in [5, 5.41) is 2.35. The number of amides is 2. The van der Waals surface area contributed by atoms with Gasteiger partial charge in [0.2, 0.25) is 0 Å². The second-order valence-corrected chi connectivity index (χ2v) is 8.15. The van der Waals surface area contributed by atoms with E-state index >= 15 is 0 Å². The lowest BCUT2D eigenvalue weighted by atomic mass is 10.1. The van der Waals surface area contributed by atoms with Crippen LogP contribution in [0.3, 0.4) is 0 Å². The Kier molecular flexibility index (Phi) is 5.70. The molecule has 1 heterocycles. The molecular formula is C23H18ClNO4S. The molecule has 1 saturated heterocycles. The Morgan fingerprint density at radius 1 is 1.07 bits per heavy atom. The first-order valence-corrected chi connectivity index (χ1v) is 10.4. The van der Waals surface area contributed by atoms with E-state index in [0.29, 0.717) is 33.6 Å². The number of hydrogen-bond acceptors (Lipinski definition) is 5. The molecule has 1 fully saturated rings. The Bertz CT molecular complexity index is 1190. The third-order valence-corrected chi connectivity index (χ3v) is 5.97. The van der Waals surface area contributed by atoms with Crippen molar-refractivity contribution in [1.82, 2.24) is 4.90 Å². The van der Waals surface area contributed by atoms with Crippen LogP contribution >= 0.6 is 23.4 Å². The number of nitrogens with zero attached hydrogens (tertiary/aromatic N) is 1. The van der Waals surface area contributed by atoms with Crippen molar-refractivity contribution in [3.8, 4) is 11.5 Å². The van der Waals surface area contributed by atoms with Gasteiger partial charge < -0.3 is 9.47 Å². The highest BCUT2D eigenvalue weighted by atomic mass is 35.5. The Morgan fingerprint density at radius 2 is 1.83 bits per heavy atom. The van der Waals surface area contributed by atoms with Crippen LogP contribution in [0.5, 0.6) is 11.5 Å². The van der Waals surface area contributed by atoms with E-state index in [1.54, 1.807) is 18.2 Å². The molecule has 0 aromatic heterocycles. The number of likely N-dealkylation sites (N-methyl/N-ethyl adjacent to an activating group) is 1. The molecule has 4 rings (SSSR count). The summed E-state index contributed by atoms with van der Waals surface area (Å²) < 4.78 is 11.4. The number of thioether (sulfide) groups is 1. The summed E-state index contributed by atoms with van der Waals surface area (Å²) in [6.45, 7) is 0.328. The van der Waals surface area contributed by atoms with Crippen molar-refractivity contribution in [2.75, 3.05) is 14.2 Å². The van der Waals surface area contributed by atoms with Gasteiger partial charge in [-0.2, -0.15) is 0 Å².